The lowest BCUT2D eigenvalue weighted by Crippen LogP contribution is -2.34. The standard InChI is InChI=1S/C25H43Cl3O6/c1-3-4-5-6-7-8-9-10-11-12-13-14-15-16-17-18-23(30)33-20-22(19-32-21(2)29)34-24(31)25(26,27)28/h22H,3-20H2,1-2H3/t22-/m1/s1. The van der Waals surface area contributed by atoms with Gasteiger partial charge in [0.2, 0.25) is 0 Å². The Morgan fingerprint density at radius 2 is 1.09 bits per heavy atom. The number of hydrogen-bond acceptors (Lipinski definition) is 6. The molecule has 0 heterocycles. The fourth-order valence-corrected chi connectivity index (χ4v) is 3.58. The van der Waals surface area contributed by atoms with Gasteiger partial charge in [-0.1, -0.05) is 132 Å². The normalized spacial score (nSPS) is 12.3. The monoisotopic (exact) mass is 544 g/mol. The van der Waals surface area contributed by atoms with E-state index in [0.717, 1.165) is 19.3 Å². The molecule has 200 valence electrons. The molecule has 0 saturated carbocycles. The maximum absolute atomic E-state index is 12.0. The maximum atomic E-state index is 12.0. The van der Waals surface area contributed by atoms with Gasteiger partial charge in [-0.25, -0.2) is 4.79 Å². The van der Waals surface area contributed by atoms with Gasteiger partial charge in [-0.05, 0) is 6.42 Å². The van der Waals surface area contributed by atoms with Crippen LogP contribution in [0.15, 0.2) is 0 Å². The van der Waals surface area contributed by atoms with E-state index in [2.05, 4.69) is 6.92 Å². The fraction of sp³-hybridized carbons (Fsp3) is 0.880. The number of hydrogen-bond donors (Lipinski definition) is 0. The van der Waals surface area contributed by atoms with Crippen molar-refractivity contribution in [2.45, 2.75) is 126 Å². The molecule has 1 atom stereocenters. The van der Waals surface area contributed by atoms with Gasteiger partial charge in [0.25, 0.3) is 3.79 Å². The second kappa shape index (κ2) is 21.6. The third-order valence-corrected chi connectivity index (χ3v) is 5.86. The molecule has 0 aromatic rings. The highest BCUT2D eigenvalue weighted by atomic mass is 35.6. The van der Waals surface area contributed by atoms with Gasteiger partial charge in [-0.15, -0.1) is 0 Å². The summed E-state index contributed by atoms with van der Waals surface area (Å²) in [6, 6.07) is 0. The van der Waals surface area contributed by atoms with Crippen molar-refractivity contribution in [1.29, 1.82) is 0 Å². The molecule has 0 N–H and O–H groups in total. The van der Waals surface area contributed by atoms with Crippen LogP contribution in [-0.4, -0.2) is 41.0 Å². The molecule has 0 amide bonds. The first-order chi connectivity index (χ1) is 16.2. The van der Waals surface area contributed by atoms with E-state index < -0.39 is 27.8 Å². The second-order valence-electron chi connectivity index (χ2n) is 8.71. The van der Waals surface area contributed by atoms with Gasteiger partial charge in [0.15, 0.2) is 6.10 Å². The number of rotatable bonds is 21. The van der Waals surface area contributed by atoms with E-state index in [1.54, 1.807) is 0 Å². The molecule has 0 aromatic heterocycles. The molecule has 0 aliphatic carbocycles. The van der Waals surface area contributed by atoms with Gasteiger partial charge in [0.1, 0.15) is 13.2 Å². The van der Waals surface area contributed by atoms with Gasteiger partial charge >= 0.3 is 17.9 Å². The Balaban J connectivity index is 3.74. The minimum Gasteiger partial charge on any atom is -0.462 e. The Labute approximate surface area is 220 Å². The van der Waals surface area contributed by atoms with Crippen LogP contribution in [0.4, 0.5) is 0 Å². The molecule has 0 unspecified atom stereocenters. The second-order valence-corrected chi connectivity index (χ2v) is 11.0. The highest BCUT2D eigenvalue weighted by Gasteiger charge is 2.35. The molecule has 9 heteroatoms. The molecule has 0 rings (SSSR count). The Morgan fingerprint density at radius 1 is 0.676 bits per heavy atom. The molecule has 0 aromatic carbocycles. The molecule has 0 aliphatic heterocycles. The zero-order chi connectivity index (χ0) is 25.7. The van der Waals surface area contributed by atoms with E-state index in [1.807, 2.05) is 0 Å². The highest BCUT2D eigenvalue weighted by Crippen LogP contribution is 2.28. The molecule has 34 heavy (non-hydrogen) atoms. The summed E-state index contributed by atoms with van der Waals surface area (Å²) in [5.74, 6) is -2.11. The van der Waals surface area contributed by atoms with Crippen molar-refractivity contribution in [2.75, 3.05) is 13.2 Å². The SMILES string of the molecule is CCCCCCCCCCCCCCCCCC(=O)OC[C@@H](COC(C)=O)OC(=O)C(Cl)(Cl)Cl. The first-order valence-corrected chi connectivity index (χ1v) is 13.9. The fourth-order valence-electron chi connectivity index (χ4n) is 3.44. The van der Waals surface area contributed by atoms with Gasteiger partial charge < -0.3 is 14.2 Å². The van der Waals surface area contributed by atoms with E-state index >= 15 is 0 Å². The van der Waals surface area contributed by atoms with Crippen molar-refractivity contribution < 1.29 is 28.6 Å². The van der Waals surface area contributed by atoms with Crippen LogP contribution in [0.3, 0.4) is 0 Å². The first-order valence-electron chi connectivity index (χ1n) is 12.7. The van der Waals surface area contributed by atoms with Gasteiger partial charge in [0.05, 0.1) is 0 Å². The predicted octanol–water partition coefficient (Wildman–Crippen LogP) is 7.64. The molecule has 0 radical (unpaired) electrons. The van der Waals surface area contributed by atoms with E-state index in [0.29, 0.717) is 0 Å². The maximum Gasteiger partial charge on any atom is 0.359 e. The molecular weight excluding hydrogens is 503 g/mol. The van der Waals surface area contributed by atoms with Crippen molar-refractivity contribution >= 4 is 52.7 Å². The molecular formula is C25H43Cl3O6. The summed E-state index contributed by atoms with van der Waals surface area (Å²) < 4.78 is 12.6. The van der Waals surface area contributed by atoms with Gasteiger partial charge in [-0.2, -0.15) is 0 Å². The minimum atomic E-state index is -2.27. The van der Waals surface area contributed by atoms with E-state index in [1.165, 1.54) is 84.0 Å². The average molecular weight is 546 g/mol. The number of unbranched alkanes of at least 4 members (excludes halogenated alkanes) is 14. The van der Waals surface area contributed by atoms with Crippen LogP contribution in [0.1, 0.15) is 117 Å². The minimum absolute atomic E-state index is 0.275. The highest BCUT2D eigenvalue weighted by molar-refractivity contribution is 6.75. The molecule has 6 nitrogen and oxygen atoms in total. The number of halogens is 3. The van der Waals surface area contributed by atoms with Crippen LogP contribution >= 0.6 is 34.8 Å². The average Bonchev–Trinajstić information content (AvgIpc) is 2.77. The Morgan fingerprint density at radius 3 is 1.50 bits per heavy atom. The van der Waals surface area contributed by atoms with Crippen LogP contribution < -0.4 is 0 Å². The Hall–Kier alpha value is -0.720. The first kappa shape index (κ1) is 33.3. The number of alkyl halides is 3. The summed E-state index contributed by atoms with van der Waals surface area (Å²) in [5, 5.41) is 0. The van der Waals surface area contributed by atoms with Crippen molar-refractivity contribution in [1.82, 2.24) is 0 Å². The lowest BCUT2D eigenvalue weighted by molar-refractivity contribution is -0.165. The summed E-state index contributed by atoms with van der Waals surface area (Å²) in [7, 11) is 0. The predicted molar refractivity (Wildman–Crippen MR) is 137 cm³/mol. The van der Waals surface area contributed by atoms with Crippen LogP contribution in [0.2, 0.25) is 0 Å². The number of carbonyl (C=O) groups is 3. The van der Waals surface area contributed by atoms with Crippen molar-refractivity contribution in [3.8, 4) is 0 Å². The topological polar surface area (TPSA) is 78.9 Å². The summed E-state index contributed by atoms with van der Waals surface area (Å²) in [6.07, 6.45) is 18.0. The van der Waals surface area contributed by atoms with E-state index in [9.17, 15) is 14.4 Å². The zero-order valence-electron chi connectivity index (χ0n) is 20.9. The Kier molecular flexibility index (Phi) is 21.1. The summed E-state index contributed by atoms with van der Waals surface area (Å²) >= 11 is 16.4. The zero-order valence-corrected chi connectivity index (χ0v) is 23.2. The van der Waals surface area contributed by atoms with Crippen LogP contribution in [-0.2, 0) is 28.6 Å². The van der Waals surface area contributed by atoms with Gasteiger partial charge in [-0.3, -0.25) is 9.59 Å². The Bertz CT molecular complexity index is 551. The lowest BCUT2D eigenvalue weighted by Gasteiger charge is -2.19. The molecule has 0 saturated heterocycles. The van der Waals surface area contributed by atoms with Crippen LogP contribution in [0.5, 0.6) is 0 Å². The summed E-state index contributed by atoms with van der Waals surface area (Å²) in [4.78, 5) is 34.6. The smallest absolute Gasteiger partial charge is 0.359 e. The van der Waals surface area contributed by atoms with E-state index in [4.69, 9.17) is 49.0 Å². The number of ether oxygens (including phenoxy) is 3. The molecule has 0 spiro atoms. The third kappa shape index (κ3) is 21.8. The third-order valence-electron chi connectivity index (χ3n) is 5.39. The number of esters is 3. The van der Waals surface area contributed by atoms with Crippen molar-refractivity contribution in [3.05, 3.63) is 0 Å². The van der Waals surface area contributed by atoms with Gasteiger partial charge in [0, 0.05) is 13.3 Å². The lowest BCUT2D eigenvalue weighted by atomic mass is 10.0. The molecule has 0 bridgehead atoms. The van der Waals surface area contributed by atoms with Crippen LogP contribution in [0, 0.1) is 0 Å². The quantitative estimate of drug-likeness (QED) is 0.0638. The van der Waals surface area contributed by atoms with E-state index in [-0.39, 0.29) is 19.6 Å². The van der Waals surface area contributed by atoms with Crippen LogP contribution in [0.25, 0.3) is 0 Å². The molecule has 0 aliphatic rings. The van der Waals surface area contributed by atoms with Crippen molar-refractivity contribution in [2.24, 2.45) is 0 Å². The summed E-state index contributed by atoms with van der Waals surface area (Å²) in [6.45, 7) is 2.88. The number of carbonyl (C=O) groups excluding carboxylic acids is 3. The molecule has 0 fully saturated rings. The summed E-state index contributed by atoms with van der Waals surface area (Å²) in [5.41, 5.74) is 0. The van der Waals surface area contributed by atoms with Crippen molar-refractivity contribution in [3.63, 3.8) is 0 Å². The largest absolute Gasteiger partial charge is 0.462 e.